The van der Waals surface area contributed by atoms with E-state index in [2.05, 4.69) is 0 Å². The Hall–Kier alpha value is -1.44. The Morgan fingerprint density at radius 3 is 2.05 bits per heavy atom. The number of benzene rings is 1. The molecule has 0 aliphatic carbocycles. The Balaban J connectivity index is 3.54. The number of hydrogen-bond acceptors (Lipinski definition) is 2. The van der Waals surface area contributed by atoms with E-state index in [-0.39, 0.29) is 5.56 Å². The fourth-order valence-electron chi connectivity index (χ4n) is 1.60. The molecule has 2 N–H and O–H groups in total. The number of rotatable bonds is 3. The van der Waals surface area contributed by atoms with Gasteiger partial charge >= 0.3 is 6.18 Å². The first kappa shape index (κ1) is 15.6. The smallest absolute Gasteiger partial charge is 0.432 e. The molecule has 1 rings (SSSR count). The molecule has 0 radical (unpaired) electrons. The van der Waals surface area contributed by atoms with Crippen LogP contribution in [0.5, 0.6) is 5.75 Å². The molecule has 0 saturated heterocycles. The van der Waals surface area contributed by atoms with Crippen molar-refractivity contribution in [2.45, 2.75) is 31.8 Å². The standard InChI is InChI=1S/C11H10F6O2/c1-5-2-7(3-6(4-18)8(5)19)10(14,9(12)13)11(15,16)17/h2-3,9,18-19H,4H2,1H3. The van der Waals surface area contributed by atoms with Crippen molar-refractivity contribution in [2.75, 3.05) is 0 Å². The van der Waals surface area contributed by atoms with Crippen molar-refractivity contribution in [3.8, 4) is 5.75 Å². The number of aromatic hydroxyl groups is 1. The SMILES string of the molecule is Cc1cc(C(F)(C(F)F)C(F)(F)F)cc(CO)c1O. The van der Waals surface area contributed by atoms with Crippen LogP contribution < -0.4 is 0 Å². The summed E-state index contributed by atoms with van der Waals surface area (Å²) in [5, 5.41) is 18.2. The van der Waals surface area contributed by atoms with Crippen LogP contribution in [0.25, 0.3) is 0 Å². The fourth-order valence-corrected chi connectivity index (χ4v) is 1.60. The second-order valence-electron chi connectivity index (χ2n) is 3.97. The van der Waals surface area contributed by atoms with E-state index >= 15 is 0 Å². The Morgan fingerprint density at radius 1 is 1.16 bits per heavy atom. The van der Waals surface area contributed by atoms with Crippen LogP contribution in [0.4, 0.5) is 26.3 Å². The Labute approximate surface area is 104 Å². The van der Waals surface area contributed by atoms with Gasteiger partial charge in [0, 0.05) is 11.1 Å². The van der Waals surface area contributed by atoms with Crippen LogP contribution in [0.1, 0.15) is 16.7 Å². The van der Waals surface area contributed by atoms with Gasteiger partial charge < -0.3 is 10.2 Å². The average molecular weight is 288 g/mol. The molecular weight excluding hydrogens is 278 g/mol. The predicted molar refractivity (Wildman–Crippen MR) is 53.6 cm³/mol. The van der Waals surface area contributed by atoms with Crippen LogP contribution in [-0.4, -0.2) is 22.8 Å². The quantitative estimate of drug-likeness (QED) is 0.839. The van der Waals surface area contributed by atoms with E-state index in [0.29, 0.717) is 12.1 Å². The summed E-state index contributed by atoms with van der Waals surface area (Å²) in [5.41, 5.74) is -6.90. The molecule has 1 unspecified atom stereocenters. The van der Waals surface area contributed by atoms with Gasteiger partial charge in [0.25, 0.3) is 12.1 Å². The highest BCUT2D eigenvalue weighted by molar-refractivity contribution is 5.45. The van der Waals surface area contributed by atoms with Gasteiger partial charge in [-0.2, -0.15) is 13.2 Å². The minimum Gasteiger partial charge on any atom is -0.507 e. The van der Waals surface area contributed by atoms with Crippen molar-refractivity contribution in [1.82, 2.24) is 0 Å². The number of aliphatic hydroxyl groups excluding tert-OH is 1. The maximum Gasteiger partial charge on any atom is 0.432 e. The normalized spacial score (nSPS) is 15.6. The van der Waals surface area contributed by atoms with Crippen LogP contribution >= 0.6 is 0 Å². The molecule has 0 aliphatic rings. The van der Waals surface area contributed by atoms with Gasteiger partial charge in [0.05, 0.1) is 6.61 Å². The number of phenols is 1. The third-order valence-electron chi connectivity index (χ3n) is 2.68. The topological polar surface area (TPSA) is 40.5 Å². The van der Waals surface area contributed by atoms with Crippen LogP contribution in [0, 0.1) is 6.92 Å². The highest BCUT2D eigenvalue weighted by atomic mass is 19.4. The molecule has 0 saturated carbocycles. The van der Waals surface area contributed by atoms with Crippen molar-refractivity contribution in [3.05, 3.63) is 28.8 Å². The summed E-state index contributed by atoms with van der Waals surface area (Å²) in [6.07, 6.45) is -10.2. The second kappa shape index (κ2) is 4.92. The van der Waals surface area contributed by atoms with Gasteiger partial charge in [0.15, 0.2) is 0 Å². The van der Waals surface area contributed by atoms with Crippen molar-refractivity contribution in [2.24, 2.45) is 0 Å². The van der Waals surface area contributed by atoms with Crippen LogP contribution in [-0.2, 0) is 12.3 Å². The Bertz CT molecular complexity index is 471. The third kappa shape index (κ3) is 2.49. The first-order valence-corrected chi connectivity index (χ1v) is 5.03. The first-order chi connectivity index (χ1) is 8.55. The van der Waals surface area contributed by atoms with Gasteiger partial charge in [-0.3, -0.25) is 0 Å². The van der Waals surface area contributed by atoms with E-state index in [1.807, 2.05) is 0 Å². The minimum absolute atomic E-state index is 0.242. The number of aryl methyl sites for hydroxylation is 1. The number of aliphatic hydroxyl groups is 1. The molecule has 19 heavy (non-hydrogen) atoms. The van der Waals surface area contributed by atoms with Crippen LogP contribution in [0.2, 0.25) is 0 Å². The van der Waals surface area contributed by atoms with Crippen LogP contribution in [0.3, 0.4) is 0 Å². The average Bonchev–Trinajstić information content (AvgIpc) is 2.29. The zero-order chi connectivity index (χ0) is 15.0. The van der Waals surface area contributed by atoms with Crippen molar-refractivity contribution in [3.63, 3.8) is 0 Å². The molecular formula is C11H10F6O2. The fraction of sp³-hybridized carbons (Fsp3) is 0.455. The Morgan fingerprint density at radius 2 is 1.68 bits per heavy atom. The number of hydrogen-bond donors (Lipinski definition) is 2. The summed E-state index contributed by atoms with van der Waals surface area (Å²) in [7, 11) is 0. The molecule has 1 aromatic rings. The summed E-state index contributed by atoms with van der Waals surface area (Å²) in [6, 6.07) is 0.857. The molecule has 8 heteroatoms. The van der Waals surface area contributed by atoms with Crippen molar-refractivity contribution < 1.29 is 36.6 Å². The molecule has 0 aliphatic heterocycles. The van der Waals surface area contributed by atoms with Gasteiger partial charge in [-0.1, -0.05) is 0 Å². The second-order valence-corrected chi connectivity index (χ2v) is 3.97. The predicted octanol–water partition coefficient (Wildman–Crippen LogP) is 3.19. The lowest BCUT2D eigenvalue weighted by Gasteiger charge is -2.28. The van der Waals surface area contributed by atoms with Crippen molar-refractivity contribution >= 4 is 0 Å². The van der Waals surface area contributed by atoms with E-state index in [4.69, 9.17) is 5.11 Å². The van der Waals surface area contributed by atoms with E-state index in [1.54, 1.807) is 0 Å². The van der Waals surface area contributed by atoms with Gasteiger partial charge in [0.1, 0.15) is 5.75 Å². The summed E-state index contributed by atoms with van der Waals surface area (Å²) in [6.45, 7) is 0.206. The summed E-state index contributed by atoms with van der Waals surface area (Å²) < 4.78 is 76.4. The van der Waals surface area contributed by atoms with Gasteiger partial charge in [-0.15, -0.1) is 0 Å². The summed E-state index contributed by atoms with van der Waals surface area (Å²) in [5.74, 6) is -0.565. The molecule has 0 spiro atoms. The maximum absolute atomic E-state index is 13.7. The molecule has 0 aromatic heterocycles. The zero-order valence-corrected chi connectivity index (χ0v) is 9.60. The zero-order valence-electron chi connectivity index (χ0n) is 9.60. The monoisotopic (exact) mass is 288 g/mol. The van der Waals surface area contributed by atoms with E-state index in [0.717, 1.165) is 6.92 Å². The number of halogens is 6. The highest BCUT2D eigenvalue weighted by Gasteiger charge is 2.64. The summed E-state index contributed by atoms with van der Waals surface area (Å²) in [4.78, 5) is 0. The maximum atomic E-state index is 13.7. The van der Waals surface area contributed by atoms with Crippen molar-refractivity contribution in [1.29, 1.82) is 0 Å². The summed E-state index contributed by atoms with van der Waals surface area (Å²) >= 11 is 0. The lowest BCUT2D eigenvalue weighted by molar-refractivity contribution is -0.274. The minimum atomic E-state index is -5.82. The van der Waals surface area contributed by atoms with E-state index in [1.165, 1.54) is 0 Å². The molecule has 0 amide bonds. The molecule has 0 bridgehead atoms. The highest BCUT2D eigenvalue weighted by Crippen LogP contribution is 2.48. The molecule has 1 atom stereocenters. The molecule has 1 aromatic carbocycles. The van der Waals surface area contributed by atoms with E-state index in [9.17, 15) is 31.4 Å². The van der Waals surface area contributed by atoms with Gasteiger partial charge in [0.2, 0.25) is 0 Å². The molecule has 0 fully saturated rings. The largest absolute Gasteiger partial charge is 0.507 e. The van der Waals surface area contributed by atoms with Gasteiger partial charge in [-0.05, 0) is 24.6 Å². The lowest BCUT2D eigenvalue weighted by Crippen LogP contribution is -2.44. The molecule has 108 valence electrons. The van der Waals surface area contributed by atoms with E-state index < -0.39 is 41.8 Å². The number of alkyl halides is 6. The van der Waals surface area contributed by atoms with Gasteiger partial charge in [-0.25, -0.2) is 13.2 Å². The molecule has 2 nitrogen and oxygen atoms in total. The first-order valence-electron chi connectivity index (χ1n) is 5.03. The third-order valence-corrected chi connectivity index (χ3v) is 2.68. The lowest BCUT2D eigenvalue weighted by atomic mass is 9.91. The molecule has 0 heterocycles. The Kier molecular flexibility index (Phi) is 4.04. The van der Waals surface area contributed by atoms with Crippen LogP contribution in [0.15, 0.2) is 12.1 Å².